The van der Waals surface area contributed by atoms with Crippen molar-refractivity contribution in [3.8, 4) is 11.4 Å². The third kappa shape index (κ3) is 3.30. The molecule has 2 heterocycles. The highest BCUT2D eigenvalue weighted by Gasteiger charge is 2.22. The summed E-state index contributed by atoms with van der Waals surface area (Å²) in [6, 6.07) is 25.6. The second-order valence-corrected chi connectivity index (χ2v) is 10.2. The van der Waals surface area contributed by atoms with E-state index in [0.717, 1.165) is 54.7 Å². The topological polar surface area (TPSA) is 18.6 Å². The number of aryl methyl sites for hydroxylation is 4. The first-order valence-electron chi connectivity index (χ1n) is 15.8. The van der Waals surface area contributed by atoms with Gasteiger partial charge in [-0.25, -0.2) is 9.69 Å². The minimum atomic E-state index is -2.28. The van der Waals surface area contributed by atoms with Crippen molar-refractivity contribution in [1.82, 2.24) is 9.13 Å². The molecule has 190 valence electrons. The minimum Gasteiger partial charge on any atom is -0.320 e. The standard InChI is InChI=1S/C36H26N4/c1-21-7-11-29-25(17-21)26-18-22(2)8-12-30(26)39(29)33-15-16-34(36(38-6)35(33)37-5)40-31-13-9-23(3)19-27(31)28-20-24(4)10-14-32(28)40/h7-20H,1-4H3/i1D3,3D3. The molecule has 0 N–H and O–H groups in total. The molecule has 40 heavy (non-hydrogen) atoms. The van der Waals surface area contributed by atoms with Gasteiger partial charge in [0.2, 0.25) is 11.4 Å². The van der Waals surface area contributed by atoms with Crippen LogP contribution >= 0.6 is 0 Å². The molecule has 0 saturated heterocycles. The van der Waals surface area contributed by atoms with Crippen LogP contribution in [-0.4, -0.2) is 9.13 Å². The van der Waals surface area contributed by atoms with Gasteiger partial charge in [0.15, 0.2) is 0 Å². The maximum Gasteiger partial charge on any atom is 0.220 e. The molecule has 0 atom stereocenters. The summed E-state index contributed by atoms with van der Waals surface area (Å²) in [4.78, 5) is 7.83. The number of benzene rings is 5. The lowest BCUT2D eigenvalue weighted by Crippen LogP contribution is -1.99. The van der Waals surface area contributed by atoms with Gasteiger partial charge in [0, 0.05) is 41.1 Å². The fraction of sp³-hybridized carbons (Fsp3) is 0.111. The first-order valence-corrected chi connectivity index (χ1v) is 12.8. The molecule has 0 amide bonds. The van der Waals surface area contributed by atoms with Crippen LogP contribution in [0.2, 0.25) is 0 Å². The predicted octanol–water partition coefficient (Wildman–Crippen LogP) is 10.2. The van der Waals surface area contributed by atoms with Crippen LogP contribution in [0.25, 0.3) is 64.7 Å². The summed E-state index contributed by atoms with van der Waals surface area (Å²) in [5, 5.41) is 3.21. The third-order valence-corrected chi connectivity index (χ3v) is 7.66. The van der Waals surface area contributed by atoms with E-state index in [9.17, 15) is 0 Å². The first kappa shape index (κ1) is 18.1. The maximum atomic E-state index is 8.29. The van der Waals surface area contributed by atoms with Crippen LogP contribution in [0.4, 0.5) is 11.4 Å². The fourth-order valence-electron chi connectivity index (χ4n) is 5.93. The quantitative estimate of drug-likeness (QED) is 0.202. The van der Waals surface area contributed by atoms with Gasteiger partial charge in [-0.2, -0.15) is 0 Å². The average molecular weight is 521 g/mol. The van der Waals surface area contributed by atoms with Crippen LogP contribution in [0.5, 0.6) is 0 Å². The number of fused-ring (bicyclic) bond motifs is 6. The largest absolute Gasteiger partial charge is 0.320 e. The Morgan fingerprint density at radius 1 is 0.500 bits per heavy atom. The number of hydrogen-bond acceptors (Lipinski definition) is 0. The van der Waals surface area contributed by atoms with E-state index >= 15 is 0 Å². The molecule has 4 nitrogen and oxygen atoms in total. The molecule has 0 aliphatic heterocycles. The summed E-state index contributed by atoms with van der Waals surface area (Å²) >= 11 is 0. The maximum absolute atomic E-state index is 8.29. The Morgan fingerprint density at radius 2 is 0.825 bits per heavy atom. The van der Waals surface area contributed by atoms with E-state index in [1.807, 2.05) is 71.5 Å². The van der Waals surface area contributed by atoms with E-state index in [1.165, 1.54) is 0 Å². The number of hydrogen-bond donors (Lipinski definition) is 0. The Kier molecular flexibility index (Phi) is 3.88. The van der Waals surface area contributed by atoms with Gasteiger partial charge in [0.25, 0.3) is 0 Å². The zero-order valence-corrected chi connectivity index (χ0v) is 21.9. The van der Waals surface area contributed by atoms with Crippen molar-refractivity contribution in [2.75, 3.05) is 0 Å². The molecular formula is C36H26N4. The highest BCUT2D eigenvalue weighted by atomic mass is 15.0. The molecule has 0 aliphatic rings. The van der Waals surface area contributed by atoms with Crippen molar-refractivity contribution in [1.29, 1.82) is 0 Å². The Hall–Kier alpha value is -5.32. The van der Waals surface area contributed by atoms with E-state index in [0.29, 0.717) is 11.4 Å². The second kappa shape index (κ2) is 8.60. The van der Waals surface area contributed by atoms with Crippen molar-refractivity contribution < 1.29 is 8.22 Å². The van der Waals surface area contributed by atoms with E-state index in [2.05, 4.69) is 9.69 Å². The number of aromatic nitrogens is 2. The van der Waals surface area contributed by atoms with Crippen LogP contribution in [0.1, 0.15) is 30.5 Å². The van der Waals surface area contributed by atoms with Crippen LogP contribution < -0.4 is 0 Å². The summed E-state index contributed by atoms with van der Waals surface area (Å²) in [6.07, 6.45) is 0. The van der Waals surface area contributed by atoms with Crippen molar-refractivity contribution >= 4 is 55.0 Å². The third-order valence-electron chi connectivity index (χ3n) is 7.66. The highest BCUT2D eigenvalue weighted by Crippen LogP contribution is 2.45. The molecule has 5 aromatic carbocycles. The molecule has 7 rings (SSSR count). The molecule has 4 heteroatoms. The SMILES string of the molecule is [2H]C([2H])([2H])c1ccc2c(c1)c1cc(C)ccc1n2-c1ccc(-n2c3ccc(C)cc3c3cc(C([2H])([2H])[2H])ccc32)c([N+]#[C-])c1[N+]#[C-]. The van der Waals surface area contributed by atoms with Crippen LogP contribution in [0.3, 0.4) is 0 Å². The Balaban J connectivity index is 1.55. The van der Waals surface area contributed by atoms with Gasteiger partial charge in [-0.1, -0.05) is 46.5 Å². The fourth-order valence-corrected chi connectivity index (χ4v) is 5.93. The normalized spacial score (nSPS) is 14.3. The van der Waals surface area contributed by atoms with Gasteiger partial charge in [-0.15, -0.1) is 0 Å². The van der Waals surface area contributed by atoms with E-state index in [1.54, 1.807) is 36.4 Å². The van der Waals surface area contributed by atoms with Gasteiger partial charge in [-0.3, -0.25) is 0 Å². The zero-order chi connectivity index (χ0) is 32.7. The van der Waals surface area contributed by atoms with Gasteiger partial charge in [-0.05, 0) is 88.2 Å². The van der Waals surface area contributed by atoms with E-state index in [-0.39, 0.29) is 22.5 Å². The highest BCUT2D eigenvalue weighted by molar-refractivity contribution is 6.12. The number of rotatable bonds is 2. The van der Waals surface area contributed by atoms with Gasteiger partial charge in [0.1, 0.15) is 0 Å². The van der Waals surface area contributed by atoms with Crippen molar-refractivity contribution in [2.24, 2.45) is 0 Å². The Morgan fingerprint density at radius 3 is 1.15 bits per heavy atom. The lowest BCUT2D eigenvalue weighted by Gasteiger charge is -2.16. The number of nitrogens with zero attached hydrogens (tertiary/aromatic N) is 4. The molecule has 0 radical (unpaired) electrons. The average Bonchev–Trinajstić information content (AvgIpc) is 3.50. The van der Waals surface area contributed by atoms with Crippen LogP contribution in [0, 0.1) is 40.7 Å². The van der Waals surface area contributed by atoms with Gasteiger partial charge in [0.05, 0.1) is 35.2 Å². The molecule has 0 fully saturated rings. The summed E-state index contributed by atoms with van der Waals surface area (Å²) in [5.74, 6) is 0. The monoisotopic (exact) mass is 520 g/mol. The van der Waals surface area contributed by atoms with Crippen LogP contribution in [-0.2, 0) is 0 Å². The predicted molar refractivity (Wildman–Crippen MR) is 167 cm³/mol. The van der Waals surface area contributed by atoms with Crippen LogP contribution in [0.15, 0.2) is 84.9 Å². The molecule has 0 unspecified atom stereocenters. The summed E-state index contributed by atoms with van der Waals surface area (Å²) in [6.45, 7) is 16.0. The lowest BCUT2D eigenvalue weighted by molar-refractivity contribution is 1.15. The van der Waals surface area contributed by atoms with Gasteiger partial charge >= 0.3 is 0 Å². The smallest absolute Gasteiger partial charge is 0.220 e. The molecular weight excluding hydrogens is 488 g/mol. The Bertz CT molecular complexity index is 2320. The molecule has 0 spiro atoms. The van der Waals surface area contributed by atoms with Gasteiger partial charge < -0.3 is 9.13 Å². The van der Waals surface area contributed by atoms with Crippen molar-refractivity contribution in [3.05, 3.63) is 130 Å². The summed E-state index contributed by atoms with van der Waals surface area (Å²) in [5.41, 5.74) is 6.86. The molecule has 0 aliphatic carbocycles. The summed E-state index contributed by atoms with van der Waals surface area (Å²) < 4.78 is 51.7. The van der Waals surface area contributed by atoms with Crippen molar-refractivity contribution in [3.63, 3.8) is 0 Å². The zero-order valence-electron chi connectivity index (χ0n) is 27.9. The minimum absolute atomic E-state index is 0.160. The second-order valence-electron chi connectivity index (χ2n) is 10.2. The Labute approximate surface area is 241 Å². The molecule has 7 aromatic rings. The molecule has 0 saturated carbocycles. The molecule has 2 aromatic heterocycles. The van der Waals surface area contributed by atoms with E-state index in [4.69, 9.17) is 21.4 Å². The van der Waals surface area contributed by atoms with Crippen molar-refractivity contribution in [2.45, 2.75) is 27.6 Å². The lowest BCUT2D eigenvalue weighted by atomic mass is 10.1. The summed E-state index contributed by atoms with van der Waals surface area (Å²) in [7, 11) is 0. The van der Waals surface area contributed by atoms with E-state index < -0.39 is 13.7 Å². The molecule has 0 bridgehead atoms. The first-order chi connectivity index (χ1) is 21.8.